The predicted molar refractivity (Wildman–Crippen MR) is 63.7 cm³/mol. The van der Waals surface area contributed by atoms with Gasteiger partial charge in [0.2, 0.25) is 0 Å². The minimum atomic E-state index is -0.375. The van der Waals surface area contributed by atoms with E-state index in [1.807, 2.05) is 32.3 Å². The molecule has 0 saturated heterocycles. The van der Waals surface area contributed by atoms with Gasteiger partial charge in [-0.3, -0.25) is 0 Å². The molecule has 0 fully saturated rings. The summed E-state index contributed by atoms with van der Waals surface area (Å²) in [5, 5.41) is 18.3. The molecule has 0 saturated carbocycles. The first-order chi connectivity index (χ1) is 7.65. The number of aryl methyl sites for hydroxylation is 1. The molecular formula is C13H20N2O. The van der Waals surface area contributed by atoms with Crippen LogP contribution in [0.2, 0.25) is 0 Å². The van der Waals surface area contributed by atoms with Crippen molar-refractivity contribution in [3.05, 3.63) is 24.0 Å². The topological polar surface area (TPSA) is 49.0 Å². The molecule has 0 aliphatic rings. The Bertz CT molecular complexity index is 349. The second-order valence-electron chi connectivity index (χ2n) is 4.49. The molecule has 0 aliphatic heterocycles. The zero-order valence-corrected chi connectivity index (χ0v) is 10.1. The van der Waals surface area contributed by atoms with E-state index in [0.29, 0.717) is 6.42 Å². The van der Waals surface area contributed by atoms with E-state index >= 15 is 0 Å². The van der Waals surface area contributed by atoms with Gasteiger partial charge in [-0.2, -0.15) is 5.26 Å². The maximum atomic E-state index is 9.86. The molecule has 1 aromatic heterocycles. The van der Waals surface area contributed by atoms with Crippen molar-refractivity contribution in [1.82, 2.24) is 4.57 Å². The fourth-order valence-electron chi connectivity index (χ4n) is 1.66. The molecule has 1 aromatic rings. The largest absolute Gasteiger partial charge is 0.388 e. The Balaban J connectivity index is 2.43. The molecule has 0 aromatic carbocycles. The predicted octanol–water partition coefficient (Wildman–Crippen LogP) is 2.87. The van der Waals surface area contributed by atoms with Crippen molar-refractivity contribution in [2.75, 3.05) is 0 Å². The summed E-state index contributed by atoms with van der Waals surface area (Å²) in [6.45, 7) is 4.94. The van der Waals surface area contributed by atoms with Crippen molar-refractivity contribution >= 4 is 0 Å². The summed E-state index contributed by atoms with van der Waals surface area (Å²) in [4.78, 5) is 0. The van der Waals surface area contributed by atoms with E-state index in [0.717, 1.165) is 24.9 Å². The third-order valence-corrected chi connectivity index (χ3v) is 2.70. The fraction of sp³-hybridized carbons (Fsp3) is 0.615. The first-order valence-electron chi connectivity index (χ1n) is 5.86. The zero-order chi connectivity index (χ0) is 12.0. The Kier molecular flexibility index (Phi) is 5.07. The summed E-state index contributed by atoms with van der Waals surface area (Å²) in [6.07, 6.45) is 6.20. The number of nitriles is 1. The standard InChI is InChI=1S/C13H20N2O/c1-11(2)13(16)12-6-9-15(10-12)8-5-3-4-7-14/h6,9-11,13,16H,3-5,8H2,1-2H3. The first kappa shape index (κ1) is 12.8. The highest BCUT2D eigenvalue weighted by molar-refractivity contribution is 5.14. The van der Waals surface area contributed by atoms with Gasteiger partial charge < -0.3 is 9.67 Å². The molecule has 1 atom stereocenters. The van der Waals surface area contributed by atoms with Crippen molar-refractivity contribution in [3.8, 4) is 6.07 Å². The maximum absolute atomic E-state index is 9.86. The molecule has 1 heterocycles. The average molecular weight is 220 g/mol. The SMILES string of the molecule is CC(C)C(O)c1ccn(CCCCC#N)c1. The Morgan fingerprint density at radius 3 is 2.81 bits per heavy atom. The Hall–Kier alpha value is -1.27. The lowest BCUT2D eigenvalue weighted by Crippen LogP contribution is -2.04. The van der Waals surface area contributed by atoms with Crippen molar-refractivity contribution in [2.24, 2.45) is 5.92 Å². The molecule has 1 rings (SSSR count). The zero-order valence-electron chi connectivity index (χ0n) is 10.1. The van der Waals surface area contributed by atoms with Gasteiger partial charge in [0.15, 0.2) is 0 Å². The van der Waals surface area contributed by atoms with Crippen molar-refractivity contribution in [1.29, 1.82) is 5.26 Å². The van der Waals surface area contributed by atoms with Crippen LogP contribution in [0.3, 0.4) is 0 Å². The van der Waals surface area contributed by atoms with Gasteiger partial charge in [0, 0.05) is 25.4 Å². The minimum Gasteiger partial charge on any atom is -0.388 e. The molecule has 0 bridgehead atoms. The van der Waals surface area contributed by atoms with Gasteiger partial charge in [-0.25, -0.2) is 0 Å². The third-order valence-electron chi connectivity index (χ3n) is 2.70. The van der Waals surface area contributed by atoms with Crippen LogP contribution < -0.4 is 0 Å². The summed E-state index contributed by atoms with van der Waals surface area (Å²) in [7, 11) is 0. The molecule has 3 heteroatoms. The lowest BCUT2D eigenvalue weighted by molar-refractivity contribution is 0.127. The van der Waals surface area contributed by atoms with E-state index in [4.69, 9.17) is 5.26 Å². The molecule has 1 N–H and O–H groups in total. The van der Waals surface area contributed by atoms with Crippen LogP contribution in [0, 0.1) is 17.2 Å². The Labute approximate surface area is 97.3 Å². The van der Waals surface area contributed by atoms with E-state index in [2.05, 4.69) is 10.6 Å². The van der Waals surface area contributed by atoms with Gasteiger partial charge >= 0.3 is 0 Å². The van der Waals surface area contributed by atoms with Crippen LogP contribution >= 0.6 is 0 Å². The highest BCUT2D eigenvalue weighted by atomic mass is 16.3. The van der Waals surface area contributed by atoms with E-state index in [-0.39, 0.29) is 12.0 Å². The van der Waals surface area contributed by atoms with E-state index in [1.165, 1.54) is 0 Å². The number of aliphatic hydroxyl groups is 1. The average Bonchev–Trinajstić information content (AvgIpc) is 2.72. The fourth-order valence-corrected chi connectivity index (χ4v) is 1.66. The number of hydrogen-bond donors (Lipinski definition) is 1. The molecule has 3 nitrogen and oxygen atoms in total. The van der Waals surface area contributed by atoms with Gasteiger partial charge in [0.1, 0.15) is 0 Å². The highest BCUT2D eigenvalue weighted by Crippen LogP contribution is 2.21. The number of unbranched alkanes of at least 4 members (excludes halogenated alkanes) is 2. The van der Waals surface area contributed by atoms with Gasteiger partial charge in [-0.05, 0) is 30.4 Å². The molecule has 16 heavy (non-hydrogen) atoms. The van der Waals surface area contributed by atoms with Crippen LogP contribution in [0.5, 0.6) is 0 Å². The normalized spacial score (nSPS) is 12.7. The van der Waals surface area contributed by atoms with Crippen LogP contribution in [0.1, 0.15) is 44.8 Å². The molecule has 0 aliphatic carbocycles. The number of nitrogens with zero attached hydrogens (tertiary/aromatic N) is 2. The summed E-state index contributed by atoms with van der Waals surface area (Å²) in [5.74, 6) is 0.245. The molecular weight excluding hydrogens is 200 g/mol. The maximum Gasteiger partial charge on any atom is 0.0827 e. The van der Waals surface area contributed by atoms with Crippen LogP contribution in [-0.2, 0) is 6.54 Å². The van der Waals surface area contributed by atoms with E-state index in [9.17, 15) is 5.11 Å². The van der Waals surface area contributed by atoms with Crippen LogP contribution in [0.4, 0.5) is 0 Å². The van der Waals surface area contributed by atoms with E-state index in [1.54, 1.807) is 0 Å². The van der Waals surface area contributed by atoms with Crippen molar-refractivity contribution < 1.29 is 5.11 Å². The van der Waals surface area contributed by atoms with Gasteiger partial charge in [0.25, 0.3) is 0 Å². The lowest BCUT2D eigenvalue weighted by atomic mass is 10.0. The molecule has 1 unspecified atom stereocenters. The smallest absolute Gasteiger partial charge is 0.0827 e. The molecule has 0 spiro atoms. The summed E-state index contributed by atoms with van der Waals surface area (Å²) < 4.78 is 2.08. The van der Waals surface area contributed by atoms with Crippen LogP contribution in [0.25, 0.3) is 0 Å². The third kappa shape index (κ3) is 3.71. The monoisotopic (exact) mass is 220 g/mol. The van der Waals surface area contributed by atoms with Crippen LogP contribution in [-0.4, -0.2) is 9.67 Å². The number of hydrogen-bond acceptors (Lipinski definition) is 2. The summed E-state index contributed by atoms with van der Waals surface area (Å²) >= 11 is 0. The molecule has 0 amide bonds. The highest BCUT2D eigenvalue weighted by Gasteiger charge is 2.12. The molecule has 0 radical (unpaired) electrons. The Morgan fingerprint density at radius 2 is 2.19 bits per heavy atom. The van der Waals surface area contributed by atoms with Gasteiger partial charge in [-0.15, -0.1) is 0 Å². The second-order valence-corrected chi connectivity index (χ2v) is 4.49. The Morgan fingerprint density at radius 1 is 1.44 bits per heavy atom. The van der Waals surface area contributed by atoms with E-state index < -0.39 is 0 Å². The number of aromatic nitrogens is 1. The van der Waals surface area contributed by atoms with Crippen LogP contribution in [0.15, 0.2) is 18.5 Å². The minimum absolute atomic E-state index is 0.245. The van der Waals surface area contributed by atoms with Gasteiger partial charge in [-0.1, -0.05) is 13.8 Å². The summed E-state index contributed by atoms with van der Waals surface area (Å²) in [6, 6.07) is 4.11. The molecule has 88 valence electrons. The first-order valence-corrected chi connectivity index (χ1v) is 5.86. The lowest BCUT2D eigenvalue weighted by Gasteiger charge is -2.12. The number of aliphatic hydroxyl groups excluding tert-OH is 1. The summed E-state index contributed by atoms with van der Waals surface area (Å²) in [5.41, 5.74) is 0.982. The van der Waals surface area contributed by atoms with Crippen molar-refractivity contribution in [3.63, 3.8) is 0 Å². The second kappa shape index (κ2) is 6.34. The van der Waals surface area contributed by atoms with Gasteiger partial charge in [0.05, 0.1) is 12.2 Å². The number of rotatable bonds is 6. The van der Waals surface area contributed by atoms with Crippen molar-refractivity contribution in [2.45, 2.75) is 45.8 Å². The quantitative estimate of drug-likeness (QED) is 0.749.